The normalized spacial score (nSPS) is 10.2. The lowest BCUT2D eigenvalue weighted by atomic mass is 10.0. The van der Waals surface area contributed by atoms with E-state index in [1.165, 1.54) is 0 Å². The minimum Gasteiger partial charge on any atom is -0.481 e. The molecule has 0 aromatic heterocycles. The maximum absolute atomic E-state index is 11.1. The van der Waals surface area contributed by atoms with E-state index in [4.69, 9.17) is 5.11 Å². The van der Waals surface area contributed by atoms with Crippen molar-refractivity contribution in [3.05, 3.63) is 28.8 Å². The summed E-state index contributed by atoms with van der Waals surface area (Å²) in [4.78, 5) is 23.2. The second-order valence-corrected chi connectivity index (χ2v) is 4.54. The summed E-state index contributed by atoms with van der Waals surface area (Å²) in [6.07, 6.45) is 1.31. The second kappa shape index (κ2) is 6.19. The molecule has 1 N–H and O–H groups in total. The SMILES string of the molecule is Cc1cc(C)c(N(C=O)CCCC(=O)O)c(C)c1. The van der Waals surface area contributed by atoms with E-state index in [0.29, 0.717) is 13.0 Å². The van der Waals surface area contributed by atoms with Gasteiger partial charge < -0.3 is 10.0 Å². The fraction of sp³-hybridized carbons (Fsp3) is 0.429. The molecule has 0 unspecified atom stereocenters. The van der Waals surface area contributed by atoms with E-state index in [1.54, 1.807) is 4.90 Å². The van der Waals surface area contributed by atoms with Gasteiger partial charge in [0.2, 0.25) is 6.41 Å². The molecular weight excluding hydrogens is 230 g/mol. The van der Waals surface area contributed by atoms with Crippen molar-refractivity contribution in [2.75, 3.05) is 11.4 Å². The number of carboxylic acids is 1. The Morgan fingerprint density at radius 3 is 2.28 bits per heavy atom. The molecule has 1 rings (SSSR count). The molecule has 0 saturated heterocycles. The summed E-state index contributed by atoms with van der Waals surface area (Å²) in [5.74, 6) is -0.835. The van der Waals surface area contributed by atoms with E-state index < -0.39 is 5.97 Å². The minimum atomic E-state index is -0.835. The standard InChI is InChI=1S/C14H19NO3/c1-10-7-11(2)14(12(3)8-10)15(9-16)6-4-5-13(17)18/h7-9H,4-6H2,1-3H3,(H,17,18). The molecule has 0 saturated carbocycles. The van der Waals surface area contributed by atoms with Crippen molar-refractivity contribution < 1.29 is 14.7 Å². The molecule has 0 spiro atoms. The molecule has 0 aliphatic carbocycles. The molecule has 0 aliphatic rings. The molecule has 0 radical (unpaired) electrons. The predicted octanol–water partition coefficient (Wildman–Crippen LogP) is 2.44. The predicted molar refractivity (Wildman–Crippen MR) is 70.9 cm³/mol. The number of aliphatic carboxylic acids is 1. The molecule has 1 amide bonds. The van der Waals surface area contributed by atoms with Gasteiger partial charge in [-0.3, -0.25) is 9.59 Å². The van der Waals surface area contributed by atoms with Crippen LogP contribution in [-0.4, -0.2) is 24.0 Å². The summed E-state index contributed by atoms with van der Waals surface area (Å²) in [6.45, 7) is 6.37. The van der Waals surface area contributed by atoms with Gasteiger partial charge in [0.25, 0.3) is 0 Å². The van der Waals surface area contributed by atoms with Crippen LogP contribution in [0.4, 0.5) is 5.69 Å². The Kier molecular flexibility index (Phi) is 4.89. The van der Waals surface area contributed by atoms with Crippen molar-refractivity contribution in [3.63, 3.8) is 0 Å². The van der Waals surface area contributed by atoms with Crippen molar-refractivity contribution in [2.24, 2.45) is 0 Å². The Bertz CT molecular complexity index is 431. The van der Waals surface area contributed by atoms with Crippen LogP contribution in [-0.2, 0) is 9.59 Å². The number of anilines is 1. The fourth-order valence-corrected chi connectivity index (χ4v) is 2.24. The smallest absolute Gasteiger partial charge is 0.303 e. The molecule has 0 bridgehead atoms. The number of carbonyl (C=O) groups is 2. The van der Waals surface area contributed by atoms with Crippen LogP contribution in [0, 0.1) is 20.8 Å². The van der Waals surface area contributed by atoms with E-state index in [1.807, 2.05) is 32.9 Å². The number of carbonyl (C=O) groups excluding carboxylic acids is 1. The van der Waals surface area contributed by atoms with Crippen molar-refractivity contribution in [1.82, 2.24) is 0 Å². The van der Waals surface area contributed by atoms with Gasteiger partial charge in [-0.2, -0.15) is 0 Å². The van der Waals surface area contributed by atoms with Gasteiger partial charge in [-0.25, -0.2) is 0 Å². The third-order valence-corrected chi connectivity index (χ3v) is 2.84. The Hall–Kier alpha value is -1.84. The van der Waals surface area contributed by atoms with Crippen LogP contribution in [0.15, 0.2) is 12.1 Å². The van der Waals surface area contributed by atoms with E-state index in [9.17, 15) is 9.59 Å². The van der Waals surface area contributed by atoms with Crippen LogP contribution in [0.3, 0.4) is 0 Å². The average Bonchev–Trinajstić information content (AvgIpc) is 2.25. The average molecular weight is 249 g/mol. The largest absolute Gasteiger partial charge is 0.481 e. The second-order valence-electron chi connectivity index (χ2n) is 4.54. The van der Waals surface area contributed by atoms with Gasteiger partial charge in [0, 0.05) is 18.7 Å². The van der Waals surface area contributed by atoms with Crippen LogP contribution in [0.5, 0.6) is 0 Å². The van der Waals surface area contributed by atoms with Crippen LogP contribution < -0.4 is 4.90 Å². The Morgan fingerprint density at radius 1 is 1.28 bits per heavy atom. The number of hydrogen-bond donors (Lipinski definition) is 1. The molecule has 0 aliphatic heterocycles. The summed E-state index contributed by atoms with van der Waals surface area (Å²) >= 11 is 0. The van der Waals surface area contributed by atoms with E-state index in [0.717, 1.165) is 28.8 Å². The van der Waals surface area contributed by atoms with Gasteiger partial charge in [-0.1, -0.05) is 17.7 Å². The molecule has 4 nitrogen and oxygen atoms in total. The summed E-state index contributed by atoms with van der Waals surface area (Å²) in [7, 11) is 0. The highest BCUT2D eigenvalue weighted by molar-refractivity contribution is 5.79. The van der Waals surface area contributed by atoms with E-state index in [2.05, 4.69) is 0 Å². The zero-order valence-corrected chi connectivity index (χ0v) is 11.1. The number of nitrogens with zero attached hydrogens (tertiary/aromatic N) is 1. The molecule has 0 atom stereocenters. The number of amides is 1. The lowest BCUT2D eigenvalue weighted by molar-refractivity contribution is -0.137. The third-order valence-electron chi connectivity index (χ3n) is 2.84. The monoisotopic (exact) mass is 249 g/mol. The lowest BCUT2D eigenvalue weighted by Crippen LogP contribution is -2.24. The maximum Gasteiger partial charge on any atom is 0.303 e. The molecule has 18 heavy (non-hydrogen) atoms. The molecular formula is C14H19NO3. The molecule has 0 heterocycles. The van der Waals surface area contributed by atoms with E-state index in [-0.39, 0.29) is 6.42 Å². The fourth-order valence-electron chi connectivity index (χ4n) is 2.24. The van der Waals surface area contributed by atoms with Gasteiger partial charge in [-0.05, 0) is 38.3 Å². The quantitative estimate of drug-likeness (QED) is 0.788. The first-order chi connectivity index (χ1) is 8.45. The molecule has 1 aromatic rings. The highest BCUT2D eigenvalue weighted by Gasteiger charge is 2.12. The molecule has 0 fully saturated rings. The molecule has 1 aromatic carbocycles. The molecule has 4 heteroatoms. The van der Waals surface area contributed by atoms with Crippen LogP contribution >= 0.6 is 0 Å². The van der Waals surface area contributed by atoms with Crippen LogP contribution in [0.25, 0.3) is 0 Å². The highest BCUT2D eigenvalue weighted by Crippen LogP contribution is 2.25. The zero-order chi connectivity index (χ0) is 13.7. The van der Waals surface area contributed by atoms with Crippen LogP contribution in [0.1, 0.15) is 29.5 Å². The van der Waals surface area contributed by atoms with Gasteiger partial charge in [0.05, 0.1) is 0 Å². The highest BCUT2D eigenvalue weighted by atomic mass is 16.4. The van der Waals surface area contributed by atoms with Gasteiger partial charge >= 0.3 is 5.97 Å². The summed E-state index contributed by atoms with van der Waals surface area (Å²) in [5, 5.41) is 8.61. The number of rotatable bonds is 6. The number of carboxylic acid groups (broad SMARTS) is 1. The first-order valence-corrected chi connectivity index (χ1v) is 5.97. The van der Waals surface area contributed by atoms with Crippen LogP contribution in [0.2, 0.25) is 0 Å². The lowest BCUT2D eigenvalue weighted by Gasteiger charge is -2.22. The summed E-state index contributed by atoms with van der Waals surface area (Å²) in [6, 6.07) is 4.05. The maximum atomic E-state index is 11.1. The number of aryl methyl sites for hydroxylation is 3. The summed E-state index contributed by atoms with van der Waals surface area (Å²) < 4.78 is 0. The Labute approximate surface area is 107 Å². The van der Waals surface area contributed by atoms with Crippen molar-refractivity contribution in [3.8, 4) is 0 Å². The van der Waals surface area contributed by atoms with Crippen molar-refractivity contribution >= 4 is 18.1 Å². The number of benzene rings is 1. The van der Waals surface area contributed by atoms with E-state index >= 15 is 0 Å². The van der Waals surface area contributed by atoms with Gasteiger partial charge in [0.15, 0.2) is 0 Å². The Morgan fingerprint density at radius 2 is 1.83 bits per heavy atom. The Balaban J connectivity index is 2.88. The minimum absolute atomic E-state index is 0.0777. The zero-order valence-electron chi connectivity index (χ0n) is 11.1. The third kappa shape index (κ3) is 3.58. The van der Waals surface area contributed by atoms with Crippen molar-refractivity contribution in [2.45, 2.75) is 33.6 Å². The van der Waals surface area contributed by atoms with Gasteiger partial charge in [-0.15, -0.1) is 0 Å². The summed E-state index contributed by atoms with van der Waals surface area (Å²) in [5.41, 5.74) is 4.12. The number of hydrogen-bond acceptors (Lipinski definition) is 2. The first kappa shape index (κ1) is 14.2. The van der Waals surface area contributed by atoms with Gasteiger partial charge in [0.1, 0.15) is 0 Å². The molecule has 98 valence electrons. The first-order valence-electron chi connectivity index (χ1n) is 5.97. The van der Waals surface area contributed by atoms with Crippen molar-refractivity contribution in [1.29, 1.82) is 0 Å². The topological polar surface area (TPSA) is 57.6 Å².